The van der Waals surface area contributed by atoms with Crippen LogP contribution < -0.4 is 9.62 Å². The van der Waals surface area contributed by atoms with Gasteiger partial charge in [-0.15, -0.1) is 0 Å². The second-order valence-electron chi connectivity index (χ2n) is 12.0. The van der Waals surface area contributed by atoms with Crippen LogP contribution in [0.4, 0.5) is 5.69 Å². The molecule has 2 amide bonds. The van der Waals surface area contributed by atoms with E-state index in [1.807, 2.05) is 74.5 Å². The van der Waals surface area contributed by atoms with Crippen LogP contribution in [0.25, 0.3) is 0 Å². The molecule has 1 atom stereocenters. The van der Waals surface area contributed by atoms with Crippen LogP contribution >= 0.6 is 11.6 Å². The Labute approximate surface area is 277 Å². The Morgan fingerprint density at radius 1 is 0.848 bits per heavy atom. The first-order valence-electron chi connectivity index (χ1n) is 15.6. The molecule has 1 aliphatic rings. The van der Waals surface area contributed by atoms with Gasteiger partial charge in [0, 0.05) is 24.0 Å². The topological polar surface area (TPSA) is 86.8 Å². The van der Waals surface area contributed by atoms with Crippen molar-refractivity contribution in [3.8, 4) is 0 Å². The summed E-state index contributed by atoms with van der Waals surface area (Å²) in [5.41, 5.74) is 3.68. The Kier molecular flexibility index (Phi) is 10.8. The van der Waals surface area contributed by atoms with Gasteiger partial charge >= 0.3 is 0 Å². The van der Waals surface area contributed by atoms with Crippen molar-refractivity contribution in [2.75, 3.05) is 10.8 Å². The zero-order valence-electron chi connectivity index (χ0n) is 26.2. The molecule has 0 unspecified atom stereocenters. The number of aryl methyl sites for hydroxylation is 2. The van der Waals surface area contributed by atoms with Crippen molar-refractivity contribution in [1.82, 2.24) is 10.2 Å². The van der Waals surface area contributed by atoms with E-state index in [2.05, 4.69) is 5.32 Å². The number of sulfonamides is 1. The Bertz CT molecular complexity index is 1740. The fourth-order valence-corrected chi connectivity index (χ4v) is 7.39. The number of hydrogen-bond donors (Lipinski definition) is 1. The van der Waals surface area contributed by atoms with Crippen molar-refractivity contribution in [3.05, 3.63) is 130 Å². The van der Waals surface area contributed by atoms with Crippen molar-refractivity contribution < 1.29 is 18.0 Å². The van der Waals surface area contributed by atoms with Crippen LogP contribution in [0.15, 0.2) is 108 Å². The number of anilines is 1. The quantitative estimate of drug-likeness (QED) is 0.181. The largest absolute Gasteiger partial charge is 0.352 e. The van der Waals surface area contributed by atoms with Crippen LogP contribution in [0.2, 0.25) is 5.02 Å². The third-order valence-electron chi connectivity index (χ3n) is 8.50. The van der Waals surface area contributed by atoms with Gasteiger partial charge in [-0.3, -0.25) is 13.9 Å². The number of rotatable bonds is 12. The van der Waals surface area contributed by atoms with E-state index in [4.69, 9.17) is 11.6 Å². The van der Waals surface area contributed by atoms with Gasteiger partial charge in [-0.1, -0.05) is 109 Å². The molecule has 240 valence electrons. The lowest BCUT2D eigenvalue weighted by molar-refractivity contribution is -0.140. The highest BCUT2D eigenvalue weighted by atomic mass is 35.5. The smallest absolute Gasteiger partial charge is 0.264 e. The van der Waals surface area contributed by atoms with Gasteiger partial charge < -0.3 is 10.2 Å². The lowest BCUT2D eigenvalue weighted by Gasteiger charge is -2.34. The molecule has 4 aromatic rings. The standard InChI is InChI=1S/C37H40ClN3O4S/c1-27-17-21-33(22-18-27)46(44,45)41(32-20-19-28(2)34(38)24-32)26-36(42)40(25-30-13-7-4-8-14-30)35(23-29-11-5-3-6-12-29)37(43)39-31-15-9-10-16-31/h3-8,11-14,17-22,24,31,35H,9-10,15-16,23,25-26H2,1-2H3,(H,39,43)/t35-/m0/s1. The molecule has 0 saturated heterocycles. The Hall–Kier alpha value is -4.14. The Balaban J connectivity index is 1.56. The van der Waals surface area contributed by atoms with E-state index in [-0.39, 0.29) is 35.5 Å². The van der Waals surface area contributed by atoms with Crippen molar-refractivity contribution in [2.24, 2.45) is 0 Å². The summed E-state index contributed by atoms with van der Waals surface area (Å²) in [7, 11) is -4.20. The first-order valence-corrected chi connectivity index (χ1v) is 17.5. The molecule has 1 N–H and O–H groups in total. The number of benzene rings is 4. The number of carbonyl (C=O) groups excluding carboxylic acids is 2. The lowest BCUT2D eigenvalue weighted by Crippen LogP contribution is -2.54. The second-order valence-corrected chi connectivity index (χ2v) is 14.2. The van der Waals surface area contributed by atoms with Gasteiger partial charge in [-0.25, -0.2) is 8.42 Å². The normalized spacial score (nSPS) is 14.1. The molecule has 1 fully saturated rings. The van der Waals surface area contributed by atoms with E-state index >= 15 is 0 Å². The minimum Gasteiger partial charge on any atom is -0.352 e. The van der Waals surface area contributed by atoms with E-state index in [0.717, 1.165) is 52.2 Å². The molecule has 5 rings (SSSR count). The van der Waals surface area contributed by atoms with Crippen LogP contribution in [0.5, 0.6) is 0 Å². The van der Waals surface area contributed by atoms with E-state index in [1.165, 1.54) is 17.0 Å². The number of nitrogens with zero attached hydrogens (tertiary/aromatic N) is 2. The molecule has 0 heterocycles. The number of nitrogens with one attached hydrogen (secondary N) is 1. The lowest BCUT2D eigenvalue weighted by atomic mass is 10.0. The average Bonchev–Trinajstić information content (AvgIpc) is 3.57. The number of hydrogen-bond acceptors (Lipinski definition) is 4. The van der Waals surface area contributed by atoms with Gasteiger partial charge in [-0.2, -0.15) is 0 Å². The van der Waals surface area contributed by atoms with Crippen LogP contribution in [0.1, 0.15) is 47.9 Å². The van der Waals surface area contributed by atoms with Crippen molar-refractivity contribution >= 4 is 39.1 Å². The van der Waals surface area contributed by atoms with E-state index in [1.54, 1.807) is 30.3 Å². The predicted octanol–water partition coefficient (Wildman–Crippen LogP) is 6.85. The maximum absolute atomic E-state index is 14.6. The van der Waals surface area contributed by atoms with Crippen LogP contribution in [0, 0.1) is 13.8 Å². The average molecular weight is 658 g/mol. The predicted molar refractivity (Wildman–Crippen MR) is 183 cm³/mol. The van der Waals surface area contributed by atoms with Crippen molar-refractivity contribution in [3.63, 3.8) is 0 Å². The Morgan fingerprint density at radius 3 is 2.07 bits per heavy atom. The molecule has 9 heteroatoms. The molecule has 0 aromatic heterocycles. The molecule has 7 nitrogen and oxygen atoms in total. The van der Waals surface area contributed by atoms with E-state index in [0.29, 0.717) is 5.02 Å². The highest BCUT2D eigenvalue weighted by Crippen LogP contribution is 2.29. The zero-order valence-corrected chi connectivity index (χ0v) is 27.8. The minimum absolute atomic E-state index is 0.0487. The zero-order chi connectivity index (χ0) is 32.7. The van der Waals surface area contributed by atoms with Gasteiger partial charge in [0.2, 0.25) is 11.8 Å². The third-order valence-corrected chi connectivity index (χ3v) is 10.7. The fourth-order valence-electron chi connectivity index (χ4n) is 5.80. The molecule has 0 radical (unpaired) electrons. The monoisotopic (exact) mass is 657 g/mol. The maximum Gasteiger partial charge on any atom is 0.264 e. The Morgan fingerprint density at radius 2 is 1.46 bits per heavy atom. The van der Waals surface area contributed by atoms with Gasteiger partial charge in [0.25, 0.3) is 10.0 Å². The molecule has 46 heavy (non-hydrogen) atoms. The van der Waals surface area contributed by atoms with E-state index in [9.17, 15) is 18.0 Å². The van der Waals surface area contributed by atoms with Crippen molar-refractivity contribution in [2.45, 2.75) is 69.5 Å². The maximum atomic E-state index is 14.6. The van der Waals surface area contributed by atoms with E-state index < -0.39 is 28.5 Å². The SMILES string of the molecule is Cc1ccc(S(=O)(=O)N(CC(=O)N(Cc2ccccc2)[C@@H](Cc2ccccc2)C(=O)NC2CCCC2)c2ccc(C)c(Cl)c2)cc1. The molecule has 1 saturated carbocycles. The minimum atomic E-state index is -4.20. The summed E-state index contributed by atoms with van der Waals surface area (Å²) in [6.07, 6.45) is 4.16. The fraction of sp³-hybridized carbons (Fsp3) is 0.297. The van der Waals surface area contributed by atoms with Gasteiger partial charge in [-0.05, 0) is 67.6 Å². The first kappa shape index (κ1) is 33.2. The van der Waals surface area contributed by atoms with Crippen LogP contribution in [-0.2, 0) is 32.6 Å². The number of carbonyl (C=O) groups is 2. The number of amides is 2. The summed E-state index contributed by atoms with van der Waals surface area (Å²) in [5, 5.41) is 3.58. The molecule has 0 aliphatic heterocycles. The highest BCUT2D eigenvalue weighted by molar-refractivity contribution is 7.92. The highest BCUT2D eigenvalue weighted by Gasteiger charge is 2.35. The van der Waals surface area contributed by atoms with Crippen molar-refractivity contribution in [1.29, 1.82) is 0 Å². The second kappa shape index (κ2) is 15.0. The third kappa shape index (κ3) is 8.17. The molecular weight excluding hydrogens is 618 g/mol. The molecular formula is C37H40ClN3O4S. The van der Waals surface area contributed by atoms with Gasteiger partial charge in [0.05, 0.1) is 10.6 Å². The van der Waals surface area contributed by atoms with Gasteiger partial charge in [0.1, 0.15) is 12.6 Å². The summed E-state index contributed by atoms with van der Waals surface area (Å²) in [6, 6.07) is 29.7. The first-order chi connectivity index (χ1) is 22.1. The molecule has 4 aromatic carbocycles. The summed E-state index contributed by atoms with van der Waals surface area (Å²) in [5.74, 6) is -0.745. The molecule has 0 bridgehead atoms. The van der Waals surface area contributed by atoms with Gasteiger partial charge in [0.15, 0.2) is 0 Å². The summed E-state index contributed by atoms with van der Waals surface area (Å²) >= 11 is 6.47. The molecule has 1 aliphatic carbocycles. The number of halogens is 1. The summed E-state index contributed by atoms with van der Waals surface area (Å²) < 4.78 is 29.5. The van der Waals surface area contributed by atoms with Crippen LogP contribution in [0.3, 0.4) is 0 Å². The summed E-state index contributed by atoms with van der Waals surface area (Å²) in [6.45, 7) is 3.31. The van der Waals surface area contributed by atoms with Crippen LogP contribution in [-0.4, -0.2) is 43.8 Å². The summed E-state index contributed by atoms with van der Waals surface area (Å²) in [4.78, 5) is 30.2. The molecule has 0 spiro atoms.